The number of fused-ring (bicyclic) bond motifs is 1. The highest BCUT2D eigenvalue weighted by molar-refractivity contribution is 6.31. The molecule has 0 radical (unpaired) electrons. The molecule has 1 aromatic heterocycles. The smallest absolute Gasteiger partial charge is 0.269 e. The summed E-state index contributed by atoms with van der Waals surface area (Å²) in [7, 11) is 0. The van der Waals surface area contributed by atoms with Crippen LogP contribution < -0.4 is 10.6 Å². The lowest BCUT2D eigenvalue weighted by molar-refractivity contribution is -0.384. The Hall–Kier alpha value is -3.54. The summed E-state index contributed by atoms with van der Waals surface area (Å²) in [5.74, 6) is -0.106. The van der Waals surface area contributed by atoms with Crippen molar-refractivity contribution >= 4 is 40.5 Å². The lowest BCUT2D eigenvalue weighted by Crippen LogP contribution is -2.31. The first-order valence-corrected chi connectivity index (χ1v) is 9.44. The molecule has 0 aliphatic carbocycles. The van der Waals surface area contributed by atoms with Gasteiger partial charge in [0.1, 0.15) is 11.5 Å². The number of halogens is 2. The van der Waals surface area contributed by atoms with Gasteiger partial charge < -0.3 is 10.2 Å². The maximum Gasteiger partial charge on any atom is 0.269 e. The van der Waals surface area contributed by atoms with Crippen LogP contribution in [0.2, 0.25) is 10.0 Å². The van der Waals surface area contributed by atoms with Gasteiger partial charge in [-0.1, -0.05) is 29.3 Å². The van der Waals surface area contributed by atoms with E-state index in [-0.39, 0.29) is 22.1 Å². The number of non-ortho nitro benzene ring substituents is 1. The molecule has 0 amide bonds. The van der Waals surface area contributed by atoms with E-state index in [9.17, 15) is 15.4 Å². The Morgan fingerprint density at radius 2 is 2.07 bits per heavy atom. The Labute approximate surface area is 180 Å². The summed E-state index contributed by atoms with van der Waals surface area (Å²) in [6, 6.07) is 13.0. The molecule has 0 saturated heterocycles. The molecule has 2 N–H and O–H groups in total. The number of anilines is 2. The summed E-state index contributed by atoms with van der Waals surface area (Å²) in [4.78, 5) is 16.7. The number of aryl methyl sites for hydroxylation is 1. The summed E-state index contributed by atoms with van der Waals surface area (Å²) >= 11 is 12.5. The van der Waals surface area contributed by atoms with E-state index in [1.807, 2.05) is 0 Å². The molecule has 2 aromatic carbocycles. The van der Waals surface area contributed by atoms with E-state index in [4.69, 9.17) is 33.4 Å². The second kappa shape index (κ2) is 7.37. The maximum absolute atomic E-state index is 11.3. The molecule has 0 spiro atoms. The van der Waals surface area contributed by atoms with Crippen molar-refractivity contribution in [2.75, 3.05) is 4.90 Å². The maximum atomic E-state index is 11.3. The quantitative estimate of drug-likeness (QED) is 0.438. The molecule has 0 unspecified atom stereocenters. The highest BCUT2D eigenvalue weighted by atomic mass is 35.5. The van der Waals surface area contributed by atoms with Crippen LogP contribution in [0.15, 0.2) is 58.3 Å². The first-order chi connectivity index (χ1) is 14.3. The predicted octanol–water partition coefficient (Wildman–Crippen LogP) is 5.18. The predicted molar refractivity (Wildman–Crippen MR) is 112 cm³/mol. The van der Waals surface area contributed by atoms with Gasteiger partial charge in [-0.05, 0) is 29.8 Å². The second-order valence-electron chi connectivity index (χ2n) is 6.55. The standard InChI is InChI=1S/C20H13Cl2N5O3/c1-10-25-18-17(14-8-13(27(28)29)5-6-16(14)22)15(9-23)19(24)26(20(18)30-10)12-4-2-3-11(21)7-12/h2-8,17H,24H2,1H3/t17-/m1/s1. The third-order valence-corrected chi connectivity index (χ3v) is 5.29. The molecule has 4 rings (SSSR count). The van der Waals surface area contributed by atoms with E-state index < -0.39 is 10.8 Å². The topological polar surface area (TPSA) is 122 Å². The summed E-state index contributed by atoms with van der Waals surface area (Å²) in [5, 5.41) is 21.9. The van der Waals surface area contributed by atoms with Crippen molar-refractivity contribution in [2.45, 2.75) is 12.8 Å². The fourth-order valence-corrected chi connectivity index (χ4v) is 3.87. The van der Waals surface area contributed by atoms with Crippen molar-refractivity contribution in [1.82, 2.24) is 4.98 Å². The van der Waals surface area contributed by atoms with Crippen LogP contribution in [0.25, 0.3) is 0 Å². The van der Waals surface area contributed by atoms with Crippen molar-refractivity contribution in [3.05, 3.63) is 91.2 Å². The Morgan fingerprint density at radius 3 is 2.73 bits per heavy atom. The van der Waals surface area contributed by atoms with Crippen LogP contribution in [0.3, 0.4) is 0 Å². The van der Waals surface area contributed by atoms with Crippen LogP contribution in [0.4, 0.5) is 17.3 Å². The summed E-state index contributed by atoms with van der Waals surface area (Å²) < 4.78 is 5.82. The van der Waals surface area contributed by atoms with Crippen molar-refractivity contribution in [3.8, 4) is 6.07 Å². The molecule has 0 bridgehead atoms. The van der Waals surface area contributed by atoms with E-state index in [0.29, 0.717) is 33.7 Å². The van der Waals surface area contributed by atoms with Gasteiger partial charge in [-0.25, -0.2) is 4.98 Å². The van der Waals surface area contributed by atoms with E-state index in [1.54, 1.807) is 36.1 Å². The monoisotopic (exact) mass is 441 g/mol. The van der Waals surface area contributed by atoms with Gasteiger partial charge in [-0.3, -0.25) is 15.0 Å². The first-order valence-electron chi connectivity index (χ1n) is 8.68. The zero-order valence-corrected chi connectivity index (χ0v) is 17.0. The van der Waals surface area contributed by atoms with Crippen molar-refractivity contribution in [1.29, 1.82) is 5.26 Å². The van der Waals surface area contributed by atoms with Gasteiger partial charge in [0.25, 0.3) is 5.69 Å². The fraction of sp³-hybridized carbons (Fsp3) is 0.100. The molecular formula is C20H13Cl2N5O3. The van der Waals surface area contributed by atoms with Gasteiger partial charge >= 0.3 is 0 Å². The van der Waals surface area contributed by atoms with E-state index in [1.165, 1.54) is 18.2 Å². The number of rotatable bonds is 3. The first kappa shape index (κ1) is 19.8. The fourth-order valence-electron chi connectivity index (χ4n) is 3.46. The molecule has 3 aromatic rings. The number of nitro benzene ring substituents is 1. The Kier molecular flexibility index (Phi) is 4.86. The van der Waals surface area contributed by atoms with Gasteiger partial charge in [-0.15, -0.1) is 0 Å². The van der Waals surface area contributed by atoms with Gasteiger partial charge in [0.05, 0.1) is 28.2 Å². The molecule has 10 heteroatoms. The summed E-state index contributed by atoms with van der Waals surface area (Å²) in [6.45, 7) is 1.66. The van der Waals surface area contributed by atoms with Crippen LogP contribution >= 0.6 is 23.2 Å². The SMILES string of the molecule is Cc1nc2c(o1)N(c1cccc(Cl)c1)C(N)=C(C#N)[C@H]2c1cc([N+](=O)[O-])ccc1Cl. The van der Waals surface area contributed by atoms with E-state index >= 15 is 0 Å². The van der Waals surface area contributed by atoms with Crippen molar-refractivity contribution < 1.29 is 9.34 Å². The number of hydrogen-bond donors (Lipinski definition) is 1. The van der Waals surface area contributed by atoms with Crippen LogP contribution in [0.5, 0.6) is 0 Å². The lowest BCUT2D eigenvalue weighted by atomic mass is 9.86. The number of aromatic nitrogens is 1. The van der Waals surface area contributed by atoms with Crippen LogP contribution in [0.1, 0.15) is 23.1 Å². The van der Waals surface area contributed by atoms with Crippen LogP contribution in [-0.2, 0) is 0 Å². The van der Waals surface area contributed by atoms with Gasteiger partial charge in [-0.2, -0.15) is 5.26 Å². The van der Waals surface area contributed by atoms with Crippen molar-refractivity contribution in [2.24, 2.45) is 5.73 Å². The number of nitrogens with zero attached hydrogens (tertiary/aromatic N) is 4. The Balaban J connectivity index is 2.00. The third-order valence-electron chi connectivity index (χ3n) is 4.71. The largest absolute Gasteiger partial charge is 0.424 e. The van der Waals surface area contributed by atoms with E-state index in [0.717, 1.165) is 0 Å². The van der Waals surface area contributed by atoms with Crippen molar-refractivity contribution in [3.63, 3.8) is 0 Å². The minimum absolute atomic E-state index is 0.0935. The molecule has 30 heavy (non-hydrogen) atoms. The molecule has 150 valence electrons. The zero-order valence-electron chi connectivity index (χ0n) is 15.5. The molecule has 1 aliphatic heterocycles. The number of benzene rings is 2. The van der Waals surface area contributed by atoms with Gasteiger partial charge in [0.2, 0.25) is 5.88 Å². The van der Waals surface area contributed by atoms with E-state index in [2.05, 4.69) is 11.1 Å². The lowest BCUT2D eigenvalue weighted by Gasteiger charge is -2.31. The molecule has 0 saturated carbocycles. The minimum Gasteiger partial charge on any atom is -0.424 e. The van der Waals surface area contributed by atoms with Gasteiger partial charge in [0, 0.05) is 29.1 Å². The highest BCUT2D eigenvalue weighted by Crippen LogP contribution is 2.48. The molecule has 0 fully saturated rings. The summed E-state index contributed by atoms with van der Waals surface area (Å²) in [5.41, 5.74) is 7.66. The van der Waals surface area contributed by atoms with Crippen LogP contribution in [0, 0.1) is 28.4 Å². The molecule has 1 aliphatic rings. The minimum atomic E-state index is -0.828. The van der Waals surface area contributed by atoms with Crippen LogP contribution in [-0.4, -0.2) is 9.91 Å². The molecular weight excluding hydrogens is 429 g/mol. The molecule has 8 nitrogen and oxygen atoms in total. The number of allylic oxidation sites excluding steroid dienone is 1. The molecule has 1 atom stereocenters. The summed E-state index contributed by atoms with van der Waals surface area (Å²) in [6.07, 6.45) is 0. The van der Waals surface area contributed by atoms with Gasteiger partial charge in [0.15, 0.2) is 5.89 Å². The third kappa shape index (κ3) is 3.14. The number of nitriles is 1. The number of nitrogens with two attached hydrogens (primary N) is 1. The molecule has 2 heterocycles. The second-order valence-corrected chi connectivity index (χ2v) is 7.39. The Bertz CT molecular complexity index is 1260. The number of oxazole rings is 1. The average Bonchev–Trinajstić information content (AvgIpc) is 3.08. The highest BCUT2D eigenvalue weighted by Gasteiger charge is 2.39. The normalized spacial score (nSPS) is 15.7. The number of hydrogen-bond acceptors (Lipinski definition) is 7. The zero-order chi connectivity index (χ0) is 21.6. The average molecular weight is 442 g/mol. The Morgan fingerprint density at radius 1 is 1.30 bits per heavy atom. The number of nitro groups is 1.